The van der Waals surface area contributed by atoms with Crippen molar-refractivity contribution < 1.29 is 37.1 Å². The normalized spacial score (nSPS) is 17.0. The number of hydrogen-bond donors (Lipinski definition) is 0. The second kappa shape index (κ2) is 12.7. The number of hydrogen-bond acceptors (Lipinski definition) is 8. The average molecular weight is 582 g/mol. The molecular formula is C28H43N3O8S. The minimum absolute atomic E-state index is 0.0418. The summed E-state index contributed by atoms with van der Waals surface area (Å²) in [5.74, 6) is -1.35. The van der Waals surface area contributed by atoms with Gasteiger partial charge in [0.15, 0.2) is 0 Å². The molecule has 1 aromatic carbocycles. The van der Waals surface area contributed by atoms with Crippen molar-refractivity contribution in [3.05, 3.63) is 24.3 Å². The van der Waals surface area contributed by atoms with Gasteiger partial charge in [0.1, 0.15) is 17.2 Å². The molecule has 0 N–H and O–H groups in total. The molecule has 0 unspecified atom stereocenters. The van der Waals surface area contributed by atoms with Crippen molar-refractivity contribution in [2.45, 2.75) is 104 Å². The SMILES string of the molecule is CC(=O)N(C(=O)OC(C)(C)C)c1ccc(S(=O)(=O)N(CC(C)C)[C@H]2CCCCN(C(=O)OC(C)(C)C)C2=O)cc1. The Bertz CT molecular complexity index is 1200. The molecule has 0 saturated carbocycles. The summed E-state index contributed by atoms with van der Waals surface area (Å²) in [6, 6.07) is 4.15. The number of imide groups is 2. The molecule has 0 aromatic heterocycles. The number of sulfonamides is 1. The van der Waals surface area contributed by atoms with E-state index >= 15 is 0 Å². The number of nitrogens with zero attached hydrogens (tertiary/aromatic N) is 3. The molecule has 40 heavy (non-hydrogen) atoms. The lowest BCUT2D eigenvalue weighted by Crippen LogP contribution is -2.53. The maximum atomic E-state index is 13.9. The van der Waals surface area contributed by atoms with Crippen LogP contribution < -0.4 is 4.90 Å². The van der Waals surface area contributed by atoms with Gasteiger partial charge in [0.05, 0.1) is 10.6 Å². The Morgan fingerprint density at radius 2 is 1.52 bits per heavy atom. The molecule has 1 saturated heterocycles. The fourth-order valence-corrected chi connectivity index (χ4v) is 5.94. The molecule has 1 aliphatic heterocycles. The van der Waals surface area contributed by atoms with Gasteiger partial charge >= 0.3 is 12.2 Å². The van der Waals surface area contributed by atoms with Gasteiger partial charge < -0.3 is 9.47 Å². The number of anilines is 1. The quantitative estimate of drug-likeness (QED) is 0.462. The Balaban J connectivity index is 2.46. The topological polar surface area (TPSA) is 131 Å². The number of likely N-dealkylation sites (tertiary alicyclic amines) is 1. The lowest BCUT2D eigenvalue weighted by atomic mass is 10.1. The summed E-state index contributed by atoms with van der Waals surface area (Å²) in [7, 11) is -4.23. The van der Waals surface area contributed by atoms with Gasteiger partial charge in [0.2, 0.25) is 21.8 Å². The van der Waals surface area contributed by atoms with Gasteiger partial charge in [-0.25, -0.2) is 27.8 Å². The largest absolute Gasteiger partial charge is 0.443 e. The van der Waals surface area contributed by atoms with Crippen LogP contribution in [0.4, 0.5) is 15.3 Å². The highest BCUT2D eigenvalue weighted by atomic mass is 32.2. The molecule has 2 rings (SSSR count). The summed E-state index contributed by atoms with van der Waals surface area (Å²) in [5.41, 5.74) is -1.53. The molecule has 12 heteroatoms. The Labute approximate surface area is 237 Å². The van der Waals surface area contributed by atoms with E-state index in [1.54, 1.807) is 41.5 Å². The maximum Gasteiger partial charge on any atom is 0.421 e. The number of carbonyl (C=O) groups is 4. The average Bonchev–Trinajstić information content (AvgIpc) is 2.96. The molecule has 0 bridgehead atoms. The highest BCUT2D eigenvalue weighted by Crippen LogP contribution is 2.28. The maximum absolute atomic E-state index is 13.9. The summed E-state index contributed by atoms with van der Waals surface area (Å²) < 4.78 is 39.7. The Morgan fingerprint density at radius 3 is 2.00 bits per heavy atom. The monoisotopic (exact) mass is 581 g/mol. The molecule has 0 radical (unpaired) electrons. The van der Waals surface area contributed by atoms with Crippen molar-refractivity contribution in [3.8, 4) is 0 Å². The first-order valence-corrected chi connectivity index (χ1v) is 14.9. The second-order valence-corrected chi connectivity index (χ2v) is 14.2. The molecule has 0 aliphatic carbocycles. The van der Waals surface area contributed by atoms with Gasteiger partial charge in [-0.2, -0.15) is 4.31 Å². The molecule has 224 valence electrons. The van der Waals surface area contributed by atoms with Crippen LogP contribution in [-0.4, -0.2) is 72.0 Å². The molecule has 1 heterocycles. The predicted octanol–water partition coefficient (Wildman–Crippen LogP) is 4.94. The summed E-state index contributed by atoms with van der Waals surface area (Å²) in [5, 5.41) is 0. The zero-order valence-electron chi connectivity index (χ0n) is 25.0. The van der Waals surface area contributed by atoms with Gasteiger partial charge in [-0.1, -0.05) is 13.8 Å². The van der Waals surface area contributed by atoms with E-state index in [0.717, 1.165) is 14.1 Å². The van der Waals surface area contributed by atoms with Crippen LogP contribution in [0.2, 0.25) is 0 Å². The lowest BCUT2D eigenvalue weighted by molar-refractivity contribution is -0.134. The minimum Gasteiger partial charge on any atom is -0.443 e. The molecule has 1 atom stereocenters. The van der Waals surface area contributed by atoms with Crippen molar-refractivity contribution in [1.82, 2.24) is 9.21 Å². The smallest absolute Gasteiger partial charge is 0.421 e. The van der Waals surface area contributed by atoms with Crippen LogP contribution in [-0.2, 0) is 29.1 Å². The van der Waals surface area contributed by atoms with E-state index in [1.807, 2.05) is 13.8 Å². The van der Waals surface area contributed by atoms with Crippen molar-refractivity contribution in [3.63, 3.8) is 0 Å². The Hall–Kier alpha value is -2.99. The third-order valence-electron chi connectivity index (χ3n) is 5.76. The molecule has 0 spiro atoms. The summed E-state index contributed by atoms with van der Waals surface area (Å²) in [6.45, 7) is 15.1. The van der Waals surface area contributed by atoms with E-state index in [4.69, 9.17) is 9.47 Å². The second-order valence-electron chi connectivity index (χ2n) is 12.3. The van der Waals surface area contributed by atoms with Gasteiger partial charge in [-0.3, -0.25) is 9.59 Å². The zero-order valence-corrected chi connectivity index (χ0v) is 25.8. The van der Waals surface area contributed by atoms with Crippen molar-refractivity contribution in [1.29, 1.82) is 0 Å². The highest BCUT2D eigenvalue weighted by molar-refractivity contribution is 7.89. The first-order valence-electron chi connectivity index (χ1n) is 13.4. The summed E-state index contributed by atoms with van der Waals surface area (Å²) in [6.07, 6.45) is -0.372. The highest BCUT2D eigenvalue weighted by Gasteiger charge is 2.42. The summed E-state index contributed by atoms with van der Waals surface area (Å²) >= 11 is 0. The summed E-state index contributed by atoms with van der Waals surface area (Å²) in [4.78, 5) is 53.0. The molecule has 1 aromatic rings. The van der Waals surface area contributed by atoms with Gasteiger partial charge in [-0.05, 0) is 91.0 Å². The molecular weight excluding hydrogens is 538 g/mol. The predicted molar refractivity (Wildman–Crippen MR) is 150 cm³/mol. The van der Waals surface area contributed by atoms with E-state index in [9.17, 15) is 27.6 Å². The van der Waals surface area contributed by atoms with Crippen LogP contribution in [0, 0.1) is 5.92 Å². The fourth-order valence-electron chi connectivity index (χ4n) is 4.17. The lowest BCUT2D eigenvalue weighted by Gasteiger charge is -2.33. The first kappa shape index (κ1) is 33.2. The third kappa shape index (κ3) is 8.76. The number of ether oxygens (including phenoxy) is 2. The molecule has 1 aliphatic rings. The number of rotatable bonds is 6. The van der Waals surface area contributed by atoms with E-state index in [2.05, 4.69) is 0 Å². The van der Waals surface area contributed by atoms with Gasteiger partial charge in [0, 0.05) is 20.0 Å². The van der Waals surface area contributed by atoms with E-state index in [1.165, 1.54) is 31.2 Å². The van der Waals surface area contributed by atoms with Crippen LogP contribution >= 0.6 is 0 Å². The minimum atomic E-state index is -4.23. The Morgan fingerprint density at radius 1 is 0.975 bits per heavy atom. The molecule has 1 fully saturated rings. The van der Waals surface area contributed by atoms with Crippen molar-refractivity contribution >= 4 is 39.7 Å². The van der Waals surface area contributed by atoms with Crippen LogP contribution in [0.15, 0.2) is 29.2 Å². The standard InChI is InChI=1S/C28H43N3O8S/c1-19(2)18-30(23-12-10-11-17-29(24(23)33)25(34)38-27(4,5)6)40(36,37)22-15-13-21(14-16-22)31(20(3)32)26(35)39-28(7,8)9/h13-16,19,23H,10-12,17-18H2,1-9H3/t23-/m0/s1. The van der Waals surface area contributed by atoms with Crippen LogP contribution in [0.5, 0.6) is 0 Å². The van der Waals surface area contributed by atoms with Crippen LogP contribution in [0.1, 0.15) is 81.6 Å². The van der Waals surface area contributed by atoms with Crippen LogP contribution in [0.25, 0.3) is 0 Å². The fraction of sp³-hybridized carbons (Fsp3) is 0.643. The van der Waals surface area contributed by atoms with Crippen molar-refractivity contribution in [2.75, 3.05) is 18.0 Å². The molecule has 11 nitrogen and oxygen atoms in total. The van der Waals surface area contributed by atoms with Crippen molar-refractivity contribution in [2.24, 2.45) is 5.92 Å². The zero-order chi connectivity index (χ0) is 30.6. The first-order chi connectivity index (χ1) is 18.2. The number of carbonyl (C=O) groups excluding carboxylic acids is 4. The number of amides is 4. The number of benzene rings is 1. The third-order valence-corrected chi connectivity index (χ3v) is 7.65. The van der Waals surface area contributed by atoms with E-state index in [-0.39, 0.29) is 36.0 Å². The van der Waals surface area contributed by atoms with Crippen LogP contribution in [0.3, 0.4) is 0 Å². The Kier molecular flexibility index (Phi) is 10.5. The van der Waals surface area contributed by atoms with Gasteiger partial charge in [0.25, 0.3) is 0 Å². The van der Waals surface area contributed by atoms with E-state index in [0.29, 0.717) is 12.8 Å². The van der Waals surface area contributed by atoms with E-state index < -0.39 is 51.3 Å². The molecule has 4 amide bonds. The van der Waals surface area contributed by atoms with Gasteiger partial charge in [-0.15, -0.1) is 0 Å².